The van der Waals surface area contributed by atoms with E-state index in [1.54, 1.807) is 0 Å². The van der Waals surface area contributed by atoms with Crippen molar-refractivity contribution in [3.8, 4) is 5.75 Å². The Morgan fingerprint density at radius 1 is 1.50 bits per heavy atom. The zero-order valence-electron chi connectivity index (χ0n) is 6.35. The van der Waals surface area contributed by atoms with Crippen molar-refractivity contribution in [1.29, 1.82) is 0 Å². The van der Waals surface area contributed by atoms with Crippen molar-refractivity contribution in [3.63, 3.8) is 0 Å². The van der Waals surface area contributed by atoms with E-state index in [4.69, 9.17) is 17.3 Å². The molecule has 0 aliphatic rings. The summed E-state index contributed by atoms with van der Waals surface area (Å²) < 4.78 is 12.8. The van der Waals surface area contributed by atoms with Crippen LogP contribution in [0.5, 0.6) is 5.75 Å². The normalized spacial score (nSPS) is 10.2. The van der Waals surface area contributed by atoms with Crippen LogP contribution >= 0.6 is 11.6 Å². The van der Waals surface area contributed by atoms with Gasteiger partial charge in [0.1, 0.15) is 11.6 Å². The van der Waals surface area contributed by atoms with Crippen LogP contribution in [0, 0.1) is 5.82 Å². The van der Waals surface area contributed by atoms with E-state index in [1.807, 2.05) is 0 Å². The summed E-state index contributed by atoms with van der Waals surface area (Å²) in [5.74, 6) is -0.537. The minimum Gasteiger partial charge on any atom is -0.508 e. The maximum absolute atomic E-state index is 12.8. The van der Waals surface area contributed by atoms with Gasteiger partial charge in [0.2, 0.25) is 0 Å². The fourth-order valence-corrected chi connectivity index (χ4v) is 1.09. The lowest BCUT2D eigenvalue weighted by Crippen LogP contribution is -2.03. The van der Waals surface area contributed by atoms with Gasteiger partial charge in [-0.05, 0) is 24.6 Å². The molecule has 0 atom stereocenters. The Kier molecular flexibility index (Phi) is 2.89. The molecule has 3 N–H and O–H groups in total. The summed E-state index contributed by atoms with van der Waals surface area (Å²) in [6.45, 7) is 0.370. The van der Waals surface area contributed by atoms with Gasteiger partial charge in [-0.1, -0.05) is 11.6 Å². The molecule has 12 heavy (non-hydrogen) atoms. The molecule has 0 spiro atoms. The van der Waals surface area contributed by atoms with Gasteiger partial charge < -0.3 is 10.8 Å². The van der Waals surface area contributed by atoms with Crippen LogP contribution < -0.4 is 5.73 Å². The largest absolute Gasteiger partial charge is 0.508 e. The molecule has 0 radical (unpaired) electrons. The molecule has 0 aliphatic heterocycles. The molecule has 0 heterocycles. The van der Waals surface area contributed by atoms with Crippen molar-refractivity contribution in [2.45, 2.75) is 6.42 Å². The molecular formula is C8H9ClFNO. The predicted octanol–water partition coefficient (Wildman–Crippen LogP) is 1.69. The monoisotopic (exact) mass is 189 g/mol. The van der Waals surface area contributed by atoms with Gasteiger partial charge in [-0.3, -0.25) is 0 Å². The second kappa shape index (κ2) is 3.74. The van der Waals surface area contributed by atoms with Crippen LogP contribution in [0.25, 0.3) is 0 Å². The minimum absolute atomic E-state index is 0.00755. The van der Waals surface area contributed by atoms with Crippen molar-refractivity contribution >= 4 is 11.6 Å². The lowest BCUT2D eigenvalue weighted by Gasteiger charge is -2.03. The SMILES string of the molecule is NCCc1cc(F)c(Cl)cc1O. The predicted molar refractivity (Wildman–Crippen MR) is 45.8 cm³/mol. The molecule has 1 rings (SSSR count). The minimum atomic E-state index is -0.530. The lowest BCUT2D eigenvalue weighted by molar-refractivity contribution is 0.465. The Morgan fingerprint density at radius 3 is 2.75 bits per heavy atom. The molecule has 0 fully saturated rings. The molecule has 0 amide bonds. The summed E-state index contributed by atoms with van der Waals surface area (Å²) in [7, 11) is 0. The summed E-state index contributed by atoms with van der Waals surface area (Å²) in [4.78, 5) is 0. The topological polar surface area (TPSA) is 46.2 Å². The first-order chi connectivity index (χ1) is 5.65. The van der Waals surface area contributed by atoms with E-state index < -0.39 is 5.82 Å². The van der Waals surface area contributed by atoms with Gasteiger partial charge in [-0.15, -0.1) is 0 Å². The number of hydrogen-bond acceptors (Lipinski definition) is 2. The smallest absolute Gasteiger partial charge is 0.142 e. The molecule has 0 saturated heterocycles. The highest BCUT2D eigenvalue weighted by molar-refractivity contribution is 6.30. The lowest BCUT2D eigenvalue weighted by atomic mass is 10.1. The highest BCUT2D eigenvalue weighted by Crippen LogP contribution is 2.25. The Hall–Kier alpha value is -0.800. The van der Waals surface area contributed by atoms with Crippen LogP contribution in [0.4, 0.5) is 4.39 Å². The molecular weight excluding hydrogens is 181 g/mol. The van der Waals surface area contributed by atoms with Gasteiger partial charge >= 0.3 is 0 Å². The van der Waals surface area contributed by atoms with E-state index in [0.29, 0.717) is 18.5 Å². The maximum atomic E-state index is 12.8. The first kappa shape index (κ1) is 9.29. The van der Waals surface area contributed by atoms with E-state index in [9.17, 15) is 9.50 Å². The summed E-state index contributed by atoms with van der Waals surface area (Å²) in [5, 5.41) is 9.16. The molecule has 0 bridgehead atoms. The number of aromatic hydroxyl groups is 1. The van der Waals surface area contributed by atoms with Crippen molar-refractivity contribution in [3.05, 3.63) is 28.5 Å². The number of hydrogen-bond donors (Lipinski definition) is 2. The second-order valence-corrected chi connectivity index (χ2v) is 2.84. The average molecular weight is 190 g/mol. The Balaban J connectivity index is 3.05. The highest BCUT2D eigenvalue weighted by atomic mass is 35.5. The standard InChI is InChI=1S/C8H9ClFNO/c9-6-4-8(12)5(1-2-11)3-7(6)10/h3-4,12H,1-2,11H2. The molecule has 0 aromatic heterocycles. The number of phenols is 1. The van der Waals surface area contributed by atoms with Crippen molar-refractivity contribution in [1.82, 2.24) is 0 Å². The van der Waals surface area contributed by atoms with Gasteiger partial charge in [-0.25, -0.2) is 4.39 Å². The maximum Gasteiger partial charge on any atom is 0.142 e. The quantitative estimate of drug-likeness (QED) is 0.744. The van der Waals surface area contributed by atoms with E-state index in [2.05, 4.69) is 0 Å². The van der Waals surface area contributed by atoms with Crippen molar-refractivity contribution < 1.29 is 9.50 Å². The molecule has 66 valence electrons. The van der Waals surface area contributed by atoms with Crippen molar-refractivity contribution in [2.24, 2.45) is 5.73 Å². The van der Waals surface area contributed by atoms with Gasteiger partial charge in [-0.2, -0.15) is 0 Å². The van der Waals surface area contributed by atoms with Crippen LogP contribution in [-0.2, 0) is 6.42 Å². The molecule has 1 aromatic rings. The van der Waals surface area contributed by atoms with E-state index in [1.165, 1.54) is 12.1 Å². The zero-order valence-corrected chi connectivity index (χ0v) is 7.11. The van der Waals surface area contributed by atoms with E-state index in [0.717, 1.165) is 0 Å². The Bertz CT molecular complexity index is 291. The first-order valence-corrected chi connectivity index (χ1v) is 3.90. The summed E-state index contributed by atoms with van der Waals surface area (Å²) in [6.07, 6.45) is 0.444. The van der Waals surface area contributed by atoms with Crippen LogP contribution in [0.1, 0.15) is 5.56 Å². The Morgan fingerprint density at radius 2 is 2.17 bits per heavy atom. The molecule has 0 saturated carbocycles. The van der Waals surface area contributed by atoms with Gasteiger partial charge in [0.05, 0.1) is 5.02 Å². The number of benzene rings is 1. The summed E-state index contributed by atoms with van der Waals surface area (Å²) >= 11 is 5.42. The third-order valence-electron chi connectivity index (χ3n) is 1.54. The number of nitrogens with two attached hydrogens (primary N) is 1. The van der Waals surface area contributed by atoms with Crippen LogP contribution in [0.2, 0.25) is 5.02 Å². The fraction of sp³-hybridized carbons (Fsp3) is 0.250. The third kappa shape index (κ3) is 1.87. The van der Waals surface area contributed by atoms with Crippen LogP contribution in [0.3, 0.4) is 0 Å². The molecule has 1 aromatic carbocycles. The van der Waals surface area contributed by atoms with E-state index in [-0.39, 0.29) is 10.8 Å². The average Bonchev–Trinajstić information content (AvgIpc) is 2.01. The molecule has 4 heteroatoms. The van der Waals surface area contributed by atoms with E-state index >= 15 is 0 Å². The second-order valence-electron chi connectivity index (χ2n) is 2.43. The van der Waals surface area contributed by atoms with Crippen molar-refractivity contribution in [2.75, 3.05) is 6.54 Å². The molecule has 0 aliphatic carbocycles. The van der Waals surface area contributed by atoms with Crippen LogP contribution in [-0.4, -0.2) is 11.7 Å². The fourth-order valence-electron chi connectivity index (χ4n) is 0.933. The number of phenolic OH excluding ortho intramolecular Hbond substituents is 1. The number of halogens is 2. The molecule has 0 unspecified atom stereocenters. The zero-order chi connectivity index (χ0) is 9.14. The molecule has 2 nitrogen and oxygen atoms in total. The van der Waals surface area contributed by atoms with Crippen LogP contribution in [0.15, 0.2) is 12.1 Å². The van der Waals surface area contributed by atoms with Gasteiger partial charge in [0.15, 0.2) is 0 Å². The summed E-state index contributed by atoms with van der Waals surface area (Å²) in [5.41, 5.74) is 5.74. The van der Waals surface area contributed by atoms with Gasteiger partial charge in [0, 0.05) is 6.07 Å². The number of rotatable bonds is 2. The van der Waals surface area contributed by atoms with Gasteiger partial charge in [0.25, 0.3) is 0 Å². The Labute approximate surface area is 74.8 Å². The summed E-state index contributed by atoms with van der Waals surface area (Å²) in [6, 6.07) is 2.38. The third-order valence-corrected chi connectivity index (χ3v) is 1.82. The first-order valence-electron chi connectivity index (χ1n) is 3.52. The highest BCUT2D eigenvalue weighted by Gasteiger charge is 2.06.